The first kappa shape index (κ1) is 54.9. The molecular weight excluding hydrogens is 283 g/mol. The zero-order valence-corrected chi connectivity index (χ0v) is 10.2. The van der Waals surface area contributed by atoms with Gasteiger partial charge in [0.15, 0.2) is 0 Å². The standard InChI is InChI=1S/CHO.5V/c1-2;;;;;/h1H;;;;;/q-1;;;;;. The van der Waals surface area contributed by atoms with E-state index in [0.717, 1.165) is 0 Å². The minimum absolute atomic E-state index is 0. The second-order valence-corrected chi connectivity index (χ2v) is 0. The van der Waals surface area contributed by atoms with Gasteiger partial charge >= 0.3 is 0 Å². The zero-order valence-electron chi connectivity index (χ0n) is 3.22. The van der Waals surface area contributed by atoms with Crippen LogP contribution in [0.2, 0.25) is 0 Å². The second-order valence-electron chi connectivity index (χ2n) is 0. The van der Waals surface area contributed by atoms with Crippen molar-refractivity contribution in [1.82, 2.24) is 0 Å². The molecule has 1 nitrogen and oxygen atoms in total. The molecule has 0 aliphatic carbocycles. The van der Waals surface area contributed by atoms with Gasteiger partial charge in [-0.15, -0.1) is 0 Å². The second kappa shape index (κ2) is 73.7. The molecule has 0 atom stereocenters. The summed E-state index contributed by atoms with van der Waals surface area (Å²) in [4.78, 5) is 7.75. The van der Waals surface area contributed by atoms with Crippen molar-refractivity contribution >= 4 is 6.79 Å². The number of rotatable bonds is 0. The monoisotopic (exact) mass is 284 g/mol. The Kier molecular flexibility index (Phi) is 578. The fourth-order valence-electron chi connectivity index (χ4n) is 0. The summed E-state index contributed by atoms with van der Waals surface area (Å²) in [5.74, 6) is 0. The van der Waals surface area contributed by atoms with E-state index in [9.17, 15) is 0 Å². The van der Waals surface area contributed by atoms with Gasteiger partial charge in [0.2, 0.25) is 0 Å². The molecule has 0 saturated heterocycles. The quantitative estimate of drug-likeness (QED) is 0.441. The van der Waals surface area contributed by atoms with E-state index in [2.05, 4.69) is 6.79 Å². The van der Waals surface area contributed by atoms with E-state index in [1.54, 1.807) is 0 Å². The third-order valence-corrected chi connectivity index (χ3v) is 0. The summed E-state index contributed by atoms with van der Waals surface area (Å²) >= 11 is 0. The van der Waals surface area contributed by atoms with Crippen LogP contribution in [0.15, 0.2) is 0 Å². The predicted octanol–water partition coefficient (Wildman–Crippen LogP) is -0.287. The van der Waals surface area contributed by atoms with Crippen LogP contribution in [0.4, 0.5) is 0 Å². The Hall–Kier alpha value is 2.59. The van der Waals surface area contributed by atoms with Crippen LogP contribution in [0.1, 0.15) is 0 Å². The van der Waals surface area contributed by atoms with E-state index < -0.39 is 0 Å². The maximum absolute atomic E-state index is 7.75. The fraction of sp³-hybridized carbons (Fsp3) is 0. The maximum atomic E-state index is 7.75. The van der Waals surface area contributed by atoms with Crippen LogP contribution in [0, 0.1) is 0 Å². The molecule has 0 fully saturated rings. The summed E-state index contributed by atoms with van der Waals surface area (Å²) in [6.45, 7) is 3.25. The minimum Gasteiger partial charge on any atom is -0.545 e. The number of hydrogen-bond acceptors (Lipinski definition) is 1. The molecule has 0 spiro atoms. The van der Waals surface area contributed by atoms with Crippen LogP contribution in [0.5, 0.6) is 0 Å². The van der Waals surface area contributed by atoms with E-state index in [1.165, 1.54) is 0 Å². The number of carbonyl (C=O) groups excluding carboxylic acids is 1. The molecule has 0 bridgehead atoms. The summed E-state index contributed by atoms with van der Waals surface area (Å²) in [5.41, 5.74) is 0. The van der Waals surface area contributed by atoms with E-state index in [4.69, 9.17) is 4.79 Å². The Morgan fingerprint density at radius 1 is 0.571 bits per heavy atom. The Balaban J connectivity index is -0.000000000500. The molecule has 0 unspecified atom stereocenters. The van der Waals surface area contributed by atoms with Crippen LogP contribution in [0.25, 0.3) is 0 Å². The molecule has 37 valence electrons. The minimum atomic E-state index is 0. The van der Waals surface area contributed by atoms with Crippen molar-refractivity contribution in [3.8, 4) is 0 Å². The van der Waals surface area contributed by atoms with Crippen molar-refractivity contribution in [1.29, 1.82) is 0 Å². The van der Waals surface area contributed by atoms with Crippen molar-refractivity contribution in [2.75, 3.05) is 0 Å². The molecule has 6 heteroatoms. The molecule has 0 amide bonds. The van der Waals surface area contributed by atoms with Crippen LogP contribution >= 0.6 is 0 Å². The van der Waals surface area contributed by atoms with Crippen LogP contribution < -0.4 is 0 Å². The van der Waals surface area contributed by atoms with Gasteiger partial charge in [0.25, 0.3) is 0 Å². The van der Waals surface area contributed by atoms with Gasteiger partial charge in [-0.25, -0.2) is 0 Å². The first-order chi connectivity index (χ1) is 1.00. The Bertz CT molecular complexity index is 8.04. The average Bonchev–Trinajstić information content (AvgIpc) is 1.00. The van der Waals surface area contributed by atoms with E-state index >= 15 is 0 Å². The van der Waals surface area contributed by atoms with Crippen molar-refractivity contribution in [2.24, 2.45) is 0 Å². The van der Waals surface area contributed by atoms with Crippen molar-refractivity contribution < 1.29 is 97.6 Å². The van der Waals surface area contributed by atoms with Gasteiger partial charge in [-0.05, 0) is 0 Å². The van der Waals surface area contributed by atoms with Crippen molar-refractivity contribution in [3.63, 3.8) is 0 Å². The maximum Gasteiger partial charge on any atom is 0 e. The molecular formula is CHOV5-. The van der Waals surface area contributed by atoms with Crippen LogP contribution in [0.3, 0.4) is 0 Å². The summed E-state index contributed by atoms with van der Waals surface area (Å²) < 4.78 is 0. The normalized spacial score (nSPS) is 0.571. The van der Waals surface area contributed by atoms with Gasteiger partial charge in [-0.1, -0.05) is 0 Å². The Morgan fingerprint density at radius 2 is 0.571 bits per heavy atom. The molecule has 7 heavy (non-hydrogen) atoms. The first-order valence-corrected chi connectivity index (χ1v) is 0.236. The van der Waals surface area contributed by atoms with Crippen LogP contribution in [-0.2, 0) is 97.6 Å². The third kappa shape index (κ3) is 55.6. The molecule has 0 N–H and O–H groups in total. The summed E-state index contributed by atoms with van der Waals surface area (Å²) in [6.07, 6.45) is 0. The molecule has 0 aromatic rings. The first-order valence-electron chi connectivity index (χ1n) is 0.236. The molecule has 0 rings (SSSR count). The van der Waals surface area contributed by atoms with Crippen LogP contribution in [-0.4, -0.2) is 6.79 Å². The smallest absolute Gasteiger partial charge is 0 e. The van der Waals surface area contributed by atoms with Crippen molar-refractivity contribution in [3.05, 3.63) is 0 Å². The van der Waals surface area contributed by atoms with Crippen molar-refractivity contribution in [2.45, 2.75) is 0 Å². The average molecular weight is 284 g/mol. The van der Waals surface area contributed by atoms with Gasteiger partial charge in [-0.2, -0.15) is 0 Å². The SMILES string of the molecule is [CH-]=O.[V].[V].[V].[V].[V]. The molecule has 0 heterocycles. The summed E-state index contributed by atoms with van der Waals surface area (Å²) in [6, 6.07) is 0. The molecule has 0 aromatic heterocycles. The topological polar surface area (TPSA) is 17.1 Å². The Labute approximate surface area is 103 Å². The molecule has 0 saturated carbocycles. The van der Waals surface area contributed by atoms with E-state index in [-0.39, 0.29) is 92.8 Å². The van der Waals surface area contributed by atoms with Gasteiger partial charge in [-0.3, -0.25) is 6.79 Å². The summed E-state index contributed by atoms with van der Waals surface area (Å²) in [7, 11) is 0. The largest absolute Gasteiger partial charge is 0.545 e. The molecule has 5 radical (unpaired) electrons. The summed E-state index contributed by atoms with van der Waals surface area (Å²) in [5, 5.41) is 0. The molecule has 0 aliphatic rings. The fourth-order valence-corrected chi connectivity index (χ4v) is 0. The van der Waals surface area contributed by atoms with E-state index in [1.807, 2.05) is 0 Å². The predicted molar refractivity (Wildman–Crippen MR) is 6.75 cm³/mol. The van der Waals surface area contributed by atoms with Gasteiger partial charge in [0, 0.05) is 92.8 Å². The Morgan fingerprint density at radius 3 is 0.571 bits per heavy atom. The molecule has 0 aliphatic heterocycles. The van der Waals surface area contributed by atoms with E-state index in [0.29, 0.717) is 0 Å². The number of hydrogen-bond donors (Lipinski definition) is 0. The third-order valence-electron chi connectivity index (χ3n) is 0. The molecule has 0 aromatic carbocycles. The van der Waals surface area contributed by atoms with Gasteiger partial charge in [0.1, 0.15) is 0 Å². The zero-order chi connectivity index (χ0) is 2.00. The van der Waals surface area contributed by atoms with Gasteiger partial charge in [0.05, 0.1) is 0 Å². The van der Waals surface area contributed by atoms with Gasteiger partial charge < -0.3 is 4.79 Å².